The highest BCUT2D eigenvalue weighted by Crippen LogP contribution is 2.18. The molecule has 0 saturated carbocycles. The number of aliphatic imine (C=N–C) groups is 1. The summed E-state index contributed by atoms with van der Waals surface area (Å²) in [6, 6.07) is 3.30. The molecule has 25 heavy (non-hydrogen) atoms. The van der Waals surface area contributed by atoms with Crippen molar-refractivity contribution >= 4 is 52.3 Å². The summed E-state index contributed by atoms with van der Waals surface area (Å²) < 4.78 is 5.02. The van der Waals surface area contributed by atoms with Gasteiger partial charge < -0.3 is 25.3 Å². The minimum absolute atomic E-state index is 0. The van der Waals surface area contributed by atoms with Crippen LogP contribution in [-0.2, 0) is 0 Å². The van der Waals surface area contributed by atoms with E-state index in [0.29, 0.717) is 24.8 Å². The number of hydrogen-bond acceptors (Lipinski definition) is 6. The Labute approximate surface area is 167 Å². The topological polar surface area (TPSA) is 100.0 Å². The summed E-state index contributed by atoms with van der Waals surface area (Å²) >= 11 is 1.64. The summed E-state index contributed by atoms with van der Waals surface area (Å²) in [5.41, 5.74) is 6.04. The molecule has 2 aromatic heterocycles. The Hall–Kier alpha value is -1.82. The van der Waals surface area contributed by atoms with Crippen LogP contribution in [0.1, 0.15) is 10.6 Å². The molecule has 0 unspecified atom stereocenters. The molecule has 0 spiro atoms. The quantitative estimate of drug-likeness (QED) is 0.292. The van der Waals surface area contributed by atoms with Gasteiger partial charge in [0.15, 0.2) is 16.9 Å². The van der Waals surface area contributed by atoms with Crippen LogP contribution in [0.4, 0.5) is 5.13 Å². The second-order valence-corrected chi connectivity index (χ2v) is 6.13. The number of amides is 1. The van der Waals surface area contributed by atoms with Gasteiger partial charge in [-0.25, -0.2) is 4.98 Å². The van der Waals surface area contributed by atoms with Crippen molar-refractivity contribution in [2.45, 2.75) is 0 Å². The largest absolute Gasteiger partial charge is 0.459 e. The summed E-state index contributed by atoms with van der Waals surface area (Å²) in [7, 11) is 0. The van der Waals surface area contributed by atoms with Crippen molar-refractivity contribution in [1.82, 2.24) is 15.2 Å². The molecule has 0 aromatic carbocycles. The van der Waals surface area contributed by atoms with Crippen molar-refractivity contribution in [3.05, 3.63) is 35.7 Å². The Kier molecular flexibility index (Phi) is 7.50. The van der Waals surface area contributed by atoms with Crippen LogP contribution < -0.4 is 16.0 Å². The van der Waals surface area contributed by atoms with Crippen molar-refractivity contribution in [1.29, 1.82) is 0 Å². The lowest BCUT2D eigenvalue weighted by Gasteiger charge is -2.35. The Morgan fingerprint density at radius 3 is 2.84 bits per heavy atom. The van der Waals surface area contributed by atoms with Crippen molar-refractivity contribution in [3.63, 3.8) is 0 Å². The van der Waals surface area contributed by atoms with Crippen molar-refractivity contribution < 1.29 is 9.21 Å². The number of furan rings is 1. The van der Waals surface area contributed by atoms with E-state index >= 15 is 0 Å². The molecule has 1 saturated heterocycles. The number of rotatable bonds is 5. The average Bonchev–Trinajstić information content (AvgIpc) is 3.32. The molecule has 136 valence electrons. The van der Waals surface area contributed by atoms with E-state index in [-0.39, 0.29) is 29.9 Å². The van der Waals surface area contributed by atoms with Crippen LogP contribution in [0.25, 0.3) is 0 Å². The molecule has 1 aliphatic heterocycles. The first-order chi connectivity index (χ1) is 11.7. The van der Waals surface area contributed by atoms with E-state index in [2.05, 4.69) is 25.1 Å². The van der Waals surface area contributed by atoms with E-state index in [4.69, 9.17) is 10.2 Å². The van der Waals surface area contributed by atoms with Crippen molar-refractivity contribution in [2.24, 2.45) is 10.7 Å². The lowest BCUT2D eigenvalue weighted by molar-refractivity contribution is 0.0927. The lowest BCUT2D eigenvalue weighted by atomic mass is 10.3. The number of aromatic nitrogens is 1. The zero-order valence-corrected chi connectivity index (χ0v) is 16.8. The Morgan fingerprint density at radius 1 is 1.40 bits per heavy atom. The smallest absolute Gasteiger partial charge is 0.287 e. The van der Waals surface area contributed by atoms with Crippen LogP contribution in [0.2, 0.25) is 0 Å². The van der Waals surface area contributed by atoms with Gasteiger partial charge in [-0.2, -0.15) is 0 Å². The molecule has 8 nitrogen and oxygen atoms in total. The maximum atomic E-state index is 11.7. The SMILES string of the molecule is I.NC(=NCCNC(=O)c1ccco1)N1CCN(c2nccs2)CC1. The number of halogens is 1. The third kappa shape index (κ3) is 5.33. The van der Waals surface area contributed by atoms with Crippen molar-refractivity contribution in [3.8, 4) is 0 Å². The number of anilines is 1. The van der Waals surface area contributed by atoms with Gasteiger partial charge >= 0.3 is 0 Å². The van der Waals surface area contributed by atoms with Gasteiger partial charge in [-0.05, 0) is 12.1 Å². The molecule has 1 amide bonds. The minimum atomic E-state index is -0.245. The molecule has 3 N–H and O–H groups in total. The van der Waals surface area contributed by atoms with Crippen LogP contribution in [-0.4, -0.2) is 61.0 Å². The van der Waals surface area contributed by atoms with Gasteiger partial charge in [0.05, 0.1) is 12.8 Å². The minimum Gasteiger partial charge on any atom is -0.459 e. The van der Waals surface area contributed by atoms with Gasteiger partial charge in [0.2, 0.25) is 0 Å². The molecular formula is C15H21IN6O2S. The third-order valence-electron chi connectivity index (χ3n) is 3.71. The zero-order valence-electron chi connectivity index (χ0n) is 13.6. The van der Waals surface area contributed by atoms with E-state index in [1.54, 1.807) is 23.5 Å². The highest BCUT2D eigenvalue weighted by Gasteiger charge is 2.19. The molecule has 0 atom stereocenters. The summed E-state index contributed by atoms with van der Waals surface area (Å²) in [5, 5.41) is 5.77. The fourth-order valence-corrected chi connectivity index (χ4v) is 3.13. The normalized spacial score (nSPS) is 15.0. The van der Waals surface area contributed by atoms with Gasteiger partial charge in [-0.15, -0.1) is 35.3 Å². The van der Waals surface area contributed by atoms with Crippen LogP contribution in [0.5, 0.6) is 0 Å². The predicted octanol–water partition coefficient (Wildman–Crippen LogP) is 1.22. The molecule has 1 fully saturated rings. The molecule has 0 aliphatic carbocycles. The van der Waals surface area contributed by atoms with Crippen LogP contribution >= 0.6 is 35.3 Å². The van der Waals surface area contributed by atoms with E-state index in [0.717, 1.165) is 31.3 Å². The summed E-state index contributed by atoms with van der Waals surface area (Å²) in [6.45, 7) is 4.23. The first-order valence-corrected chi connectivity index (χ1v) is 8.63. The second-order valence-electron chi connectivity index (χ2n) is 5.26. The monoisotopic (exact) mass is 476 g/mol. The number of nitrogens with one attached hydrogen (secondary N) is 1. The van der Waals surface area contributed by atoms with E-state index in [9.17, 15) is 4.79 Å². The van der Waals surface area contributed by atoms with Gasteiger partial charge in [0, 0.05) is 44.3 Å². The number of guanidine groups is 1. The number of carbonyl (C=O) groups is 1. The summed E-state index contributed by atoms with van der Waals surface area (Å²) in [4.78, 5) is 24.7. The first kappa shape index (κ1) is 19.5. The number of hydrogen-bond donors (Lipinski definition) is 2. The molecule has 0 bridgehead atoms. The van der Waals surface area contributed by atoms with Crippen LogP contribution in [0, 0.1) is 0 Å². The molecule has 10 heteroatoms. The molecular weight excluding hydrogens is 455 g/mol. The van der Waals surface area contributed by atoms with Crippen LogP contribution in [0.15, 0.2) is 39.4 Å². The fraction of sp³-hybridized carbons (Fsp3) is 0.400. The molecule has 1 aliphatic rings. The average molecular weight is 476 g/mol. The lowest BCUT2D eigenvalue weighted by Crippen LogP contribution is -2.51. The highest BCUT2D eigenvalue weighted by atomic mass is 127. The second kappa shape index (κ2) is 9.61. The van der Waals surface area contributed by atoms with E-state index < -0.39 is 0 Å². The van der Waals surface area contributed by atoms with Crippen molar-refractivity contribution in [2.75, 3.05) is 44.2 Å². The molecule has 2 aromatic rings. The van der Waals surface area contributed by atoms with Gasteiger partial charge in [0.25, 0.3) is 5.91 Å². The first-order valence-electron chi connectivity index (χ1n) is 7.75. The molecule has 3 rings (SSSR count). The van der Waals surface area contributed by atoms with Gasteiger partial charge in [0.1, 0.15) is 0 Å². The van der Waals surface area contributed by atoms with Crippen LogP contribution in [0.3, 0.4) is 0 Å². The molecule has 0 radical (unpaired) electrons. The van der Waals surface area contributed by atoms with Gasteiger partial charge in [-0.1, -0.05) is 0 Å². The number of carbonyl (C=O) groups excluding carboxylic acids is 1. The maximum Gasteiger partial charge on any atom is 0.287 e. The number of piperazine rings is 1. The predicted molar refractivity (Wildman–Crippen MR) is 109 cm³/mol. The van der Waals surface area contributed by atoms with E-state index in [1.165, 1.54) is 6.26 Å². The zero-order chi connectivity index (χ0) is 16.8. The summed E-state index contributed by atoms with van der Waals surface area (Å²) in [5.74, 6) is 0.567. The Balaban J connectivity index is 0.00000225. The highest BCUT2D eigenvalue weighted by molar-refractivity contribution is 14.0. The maximum absolute atomic E-state index is 11.7. The van der Waals surface area contributed by atoms with E-state index in [1.807, 2.05) is 11.6 Å². The third-order valence-corrected chi connectivity index (χ3v) is 4.54. The standard InChI is InChI=1S/C15H20N6O2S.HI/c16-14(18-4-3-17-13(22)12-2-1-10-23-12)20-6-8-21(9-7-20)15-19-5-11-24-15;/h1-2,5,10-11H,3-4,6-9H2,(H2,16,18)(H,17,22);1H. The van der Waals surface area contributed by atoms with Gasteiger partial charge in [-0.3, -0.25) is 9.79 Å². The molecule has 3 heterocycles. The Bertz CT molecular complexity index is 668. The Morgan fingerprint density at radius 2 is 2.20 bits per heavy atom. The fourth-order valence-electron chi connectivity index (χ4n) is 2.43. The summed E-state index contributed by atoms with van der Waals surface area (Å²) in [6.07, 6.45) is 3.29. The number of nitrogens with zero attached hydrogens (tertiary/aromatic N) is 4. The number of thiazole rings is 1. The number of nitrogens with two attached hydrogens (primary N) is 1.